The van der Waals surface area contributed by atoms with Crippen molar-refractivity contribution >= 4 is 35.7 Å². The summed E-state index contributed by atoms with van der Waals surface area (Å²) in [6.45, 7) is 3.24. The fraction of sp³-hybridized carbons (Fsp3) is 0.700. The predicted molar refractivity (Wildman–Crippen MR) is 112 cm³/mol. The summed E-state index contributed by atoms with van der Waals surface area (Å²) in [6.07, 6.45) is -1.35. The minimum absolute atomic E-state index is 0.0387. The van der Waals surface area contributed by atoms with Gasteiger partial charge in [0.05, 0.1) is 0 Å². The van der Waals surface area contributed by atoms with Crippen molar-refractivity contribution in [2.45, 2.75) is 70.2 Å². The fourth-order valence-electron chi connectivity index (χ4n) is 3.13. The summed E-state index contributed by atoms with van der Waals surface area (Å²) in [6, 6.07) is -3.20. The largest absolute Gasteiger partial charge is 0.478 e. The molecule has 1 aliphatic rings. The van der Waals surface area contributed by atoms with Gasteiger partial charge in [0.15, 0.2) is 0 Å². The van der Waals surface area contributed by atoms with Gasteiger partial charge in [0.2, 0.25) is 17.9 Å². The number of nitrogens with one attached hydrogen (secondary N) is 1. The van der Waals surface area contributed by atoms with Crippen LogP contribution in [-0.2, 0) is 38.2 Å². The van der Waals surface area contributed by atoms with Crippen LogP contribution < -0.4 is 16.8 Å². The number of amides is 2. The highest BCUT2D eigenvalue weighted by molar-refractivity contribution is 5.91. The van der Waals surface area contributed by atoms with Gasteiger partial charge in [-0.25, -0.2) is 19.2 Å². The summed E-state index contributed by atoms with van der Waals surface area (Å²) in [5.41, 5.74) is 10.6. The maximum atomic E-state index is 12.7. The zero-order chi connectivity index (χ0) is 25.3. The molecule has 0 radical (unpaired) electrons. The monoisotopic (exact) mass is 472 g/mol. The van der Waals surface area contributed by atoms with Crippen LogP contribution in [-0.4, -0.2) is 83.5 Å². The normalized spacial score (nSPS) is 18.4. The molecule has 0 aromatic heterocycles. The van der Waals surface area contributed by atoms with E-state index in [1.807, 2.05) is 13.8 Å². The molecule has 13 nitrogen and oxygen atoms in total. The summed E-state index contributed by atoms with van der Waals surface area (Å²) in [5, 5.41) is 11.9. The van der Waals surface area contributed by atoms with E-state index in [0.29, 0.717) is 0 Å². The first-order chi connectivity index (χ1) is 15.3. The Hall–Kier alpha value is -3.06. The molecular formula is C20H32N4O9. The van der Waals surface area contributed by atoms with Crippen LogP contribution in [0.4, 0.5) is 0 Å². The summed E-state index contributed by atoms with van der Waals surface area (Å²) < 4.78 is 9.89. The van der Waals surface area contributed by atoms with Crippen LogP contribution >= 0.6 is 0 Å². The number of ether oxygens (including phenoxy) is 2. The lowest BCUT2D eigenvalue weighted by Crippen LogP contribution is -2.49. The molecule has 1 unspecified atom stereocenters. The smallest absolute Gasteiger partial charge is 0.346 e. The fourth-order valence-corrected chi connectivity index (χ4v) is 3.13. The Kier molecular flexibility index (Phi) is 10.9. The molecular weight excluding hydrogens is 440 g/mol. The molecule has 0 bridgehead atoms. The molecule has 13 heteroatoms. The number of likely N-dealkylation sites (N-methyl/N-ethyl adjacent to an activating group) is 1. The summed E-state index contributed by atoms with van der Waals surface area (Å²) >= 11 is 0. The highest BCUT2D eigenvalue weighted by Gasteiger charge is 2.36. The average molecular weight is 472 g/mol. The number of nitrogens with zero attached hydrogens (tertiary/aromatic N) is 1. The van der Waals surface area contributed by atoms with Gasteiger partial charge < -0.3 is 31.4 Å². The minimum Gasteiger partial charge on any atom is -0.478 e. The van der Waals surface area contributed by atoms with Crippen molar-refractivity contribution in [3.05, 3.63) is 0 Å². The van der Waals surface area contributed by atoms with Crippen LogP contribution in [0.25, 0.3) is 0 Å². The van der Waals surface area contributed by atoms with Crippen LogP contribution in [0.1, 0.15) is 46.0 Å². The standard InChI is InChI=1S/C20H32N4O9/c1-10(2)8-13(20(31)33-18(29)11(21)4-6-15(22)25)24(3)9-14(17(27)28)32-19(30)12-5-7-16(26)23-12/h10-14H,4-9,21H2,1-3H3,(H2,22,25)(H,23,26)(H,27,28)/t11-,12-,13-,14?/m0/s1. The highest BCUT2D eigenvalue weighted by atomic mass is 16.6. The molecule has 0 spiro atoms. The van der Waals surface area contributed by atoms with E-state index in [2.05, 4.69) is 5.32 Å². The molecule has 1 saturated heterocycles. The molecule has 0 saturated carbocycles. The minimum atomic E-state index is -1.63. The van der Waals surface area contributed by atoms with Crippen molar-refractivity contribution < 1.29 is 43.3 Å². The SMILES string of the molecule is CC(C)C[C@@H](C(=O)OC(=O)[C@@H](N)CCC(N)=O)N(C)CC(OC(=O)[C@@H]1CCC(=O)N1)C(=O)O. The van der Waals surface area contributed by atoms with Crippen molar-refractivity contribution in [2.24, 2.45) is 17.4 Å². The third-order valence-electron chi connectivity index (χ3n) is 4.97. The Morgan fingerprint density at radius 2 is 1.85 bits per heavy atom. The molecule has 1 heterocycles. The van der Waals surface area contributed by atoms with Gasteiger partial charge in [0.1, 0.15) is 18.1 Å². The van der Waals surface area contributed by atoms with E-state index < -0.39 is 54.0 Å². The lowest BCUT2D eigenvalue weighted by Gasteiger charge is -2.29. The van der Waals surface area contributed by atoms with E-state index in [0.717, 1.165) is 0 Å². The Labute approximate surface area is 191 Å². The van der Waals surface area contributed by atoms with Crippen molar-refractivity contribution in [2.75, 3.05) is 13.6 Å². The van der Waals surface area contributed by atoms with Gasteiger partial charge in [-0.2, -0.15) is 0 Å². The van der Waals surface area contributed by atoms with Gasteiger partial charge in [-0.15, -0.1) is 0 Å². The predicted octanol–water partition coefficient (Wildman–Crippen LogP) is -1.73. The number of primary amides is 1. The first-order valence-electron chi connectivity index (χ1n) is 10.5. The average Bonchev–Trinajstić information content (AvgIpc) is 3.15. The second-order valence-corrected chi connectivity index (χ2v) is 8.36. The molecule has 1 aliphatic heterocycles. The molecule has 186 valence electrons. The first kappa shape index (κ1) is 28.0. The van der Waals surface area contributed by atoms with Gasteiger partial charge in [0.25, 0.3) is 0 Å². The lowest BCUT2D eigenvalue weighted by molar-refractivity contribution is -0.169. The van der Waals surface area contributed by atoms with E-state index in [4.69, 9.17) is 20.9 Å². The van der Waals surface area contributed by atoms with E-state index in [1.165, 1.54) is 11.9 Å². The molecule has 1 rings (SSSR count). The first-order valence-corrected chi connectivity index (χ1v) is 10.5. The van der Waals surface area contributed by atoms with E-state index in [1.54, 1.807) is 0 Å². The van der Waals surface area contributed by atoms with Crippen LogP contribution in [0.2, 0.25) is 0 Å². The molecule has 0 aromatic carbocycles. The third-order valence-corrected chi connectivity index (χ3v) is 4.97. The molecule has 6 N–H and O–H groups in total. The second-order valence-electron chi connectivity index (χ2n) is 8.36. The Morgan fingerprint density at radius 1 is 1.21 bits per heavy atom. The molecule has 2 amide bonds. The number of carboxylic acid groups (broad SMARTS) is 1. The number of carbonyl (C=O) groups excluding carboxylic acids is 5. The summed E-state index contributed by atoms with van der Waals surface area (Å²) in [5.74, 6) is -5.36. The van der Waals surface area contributed by atoms with E-state index in [9.17, 15) is 33.9 Å². The molecule has 0 aliphatic carbocycles. The quantitative estimate of drug-likeness (QED) is 0.175. The molecule has 4 atom stereocenters. The van der Waals surface area contributed by atoms with Crippen LogP contribution in [0.3, 0.4) is 0 Å². The van der Waals surface area contributed by atoms with Gasteiger partial charge in [-0.3, -0.25) is 14.5 Å². The van der Waals surface area contributed by atoms with Gasteiger partial charge in [0, 0.05) is 19.4 Å². The molecule has 0 aromatic rings. The number of rotatable bonds is 13. The number of esters is 3. The topological polar surface area (TPSA) is 208 Å². The van der Waals surface area contributed by atoms with Gasteiger partial charge >= 0.3 is 23.9 Å². The Morgan fingerprint density at radius 3 is 2.33 bits per heavy atom. The summed E-state index contributed by atoms with van der Waals surface area (Å²) in [7, 11) is 1.42. The second kappa shape index (κ2) is 12.8. The number of carboxylic acids is 1. The van der Waals surface area contributed by atoms with Crippen LogP contribution in [0, 0.1) is 5.92 Å². The summed E-state index contributed by atoms with van der Waals surface area (Å²) in [4.78, 5) is 72.0. The Balaban J connectivity index is 2.82. The molecule has 1 fully saturated rings. The van der Waals surface area contributed by atoms with E-state index >= 15 is 0 Å². The highest BCUT2D eigenvalue weighted by Crippen LogP contribution is 2.15. The van der Waals surface area contributed by atoms with Crippen LogP contribution in [0.15, 0.2) is 0 Å². The number of hydrogen-bond donors (Lipinski definition) is 4. The van der Waals surface area contributed by atoms with Gasteiger partial charge in [-0.1, -0.05) is 13.8 Å². The zero-order valence-electron chi connectivity index (χ0n) is 18.9. The van der Waals surface area contributed by atoms with Crippen LogP contribution in [0.5, 0.6) is 0 Å². The number of nitrogens with two attached hydrogens (primary N) is 2. The number of hydrogen-bond acceptors (Lipinski definition) is 10. The zero-order valence-corrected chi connectivity index (χ0v) is 18.9. The molecule has 33 heavy (non-hydrogen) atoms. The van der Waals surface area contributed by atoms with Crippen molar-refractivity contribution in [1.82, 2.24) is 10.2 Å². The third kappa shape index (κ3) is 9.53. The van der Waals surface area contributed by atoms with Crippen molar-refractivity contribution in [3.63, 3.8) is 0 Å². The van der Waals surface area contributed by atoms with Gasteiger partial charge in [-0.05, 0) is 32.2 Å². The van der Waals surface area contributed by atoms with Crippen molar-refractivity contribution in [3.8, 4) is 0 Å². The lowest BCUT2D eigenvalue weighted by atomic mass is 10.0. The number of carbonyl (C=O) groups is 6. The Bertz CT molecular complexity index is 771. The van der Waals surface area contributed by atoms with E-state index in [-0.39, 0.29) is 50.5 Å². The van der Waals surface area contributed by atoms with Crippen molar-refractivity contribution in [1.29, 1.82) is 0 Å². The maximum absolute atomic E-state index is 12.7. The number of aliphatic carboxylic acids is 1. The maximum Gasteiger partial charge on any atom is 0.346 e.